The van der Waals surface area contributed by atoms with Crippen LogP contribution in [0.2, 0.25) is 0 Å². The Kier molecular flexibility index (Phi) is 2.88. The minimum atomic E-state index is -0.213. The molecule has 2 fully saturated rings. The van der Waals surface area contributed by atoms with Crippen LogP contribution in [0.1, 0.15) is 6.92 Å². The van der Waals surface area contributed by atoms with Crippen molar-refractivity contribution in [1.29, 1.82) is 0 Å². The van der Waals surface area contributed by atoms with Gasteiger partial charge < -0.3 is 14.8 Å². The van der Waals surface area contributed by atoms with E-state index in [1.807, 2.05) is 6.92 Å². The highest BCUT2D eigenvalue weighted by atomic mass is 16.6. The molecule has 0 aliphatic carbocycles. The highest BCUT2D eigenvalue weighted by Gasteiger charge is 2.38. The Bertz CT molecular complexity index is 222. The van der Waals surface area contributed by atoms with Crippen molar-refractivity contribution in [2.45, 2.75) is 19.1 Å². The number of hydrogen-bond acceptors (Lipinski definition) is 4. The molecule has 0 spiro atoms. The first-order chi connectivity index (χ1) is 6.83. The molecule has 2 rings (SSSR count). The second-order valence-electron chi connectivity index (χ2n) is 3.53. The van der Waals surface area contributed by atoms with Crippen LogP contribution in [0.4, 0.5) is 4.79 Å². The van der Waals surface area contributed by atoms with E-state index >= 15 is 0 Å². The van der Waals surface area contributed by atoms with Gasteiger partial charge in [-0.15, -0.1) is 0 Å². The topological polar surface area (TPSA) is 50.8 Å². The van der Waals surface area contributed by atoms with Crippen LogP contribution in [-0.2, 0) is 9.47 Å². The Balaban J connectivity index is 1.99. The highest BCUT2D eigenvalue weighted by molar-refractivity contribution is 5.68. The van der Waals surface area contributed by atoms with Crippen LogP contribution in [0.3, 0.4) is 0 Å². The van der Waals surface area contributed by atoms with Crippen molar-refractivity contribution >= 4 is 6.09 Å². The molecule has 0 aromatic heterocycles. The lowest BCUT2D eigenvalue weighted by atomic mass is 10.1. The van der Waals surface area contributed by atoms with Gasteiger partial charge in [0.05, 0.1) is 25.4 Å². The summed E-state index contributed by atoms with van der Waals surface area (Å²) in [5.74, 6) is 0. The lowest BCUT2D eigenvalue weighted by Gasteiger charge is -2.35. The maximum atomic E-state index is 11.6. The largest absolute Gasteiger partial charge is 0.450 e. The summed E-state index contributed by atoms with van der Waals surface area (Å²) in [5, 5.41) is 3.22. The fraction of sp³-hybridized carbons (Fsp3) is 0.889. The second kappa shape index (κ2) is 4.14. The van der Waals surface area contributed by atoms with Gasteiger partial charge in [0.15, 0.2) is 0 Å². The van der Waals surface area contributed by atoms with Crippen molar-refractivity contribution in [3.8, 4) is 0 Å². The van der Waals surface area contributed by atoms with Crippen molar-refractivity contribution in [1.82, 2.24) is 10.2 Å². The van der Waals surface area contributed by atoms with Crippen LogP contribution in [0.5, 0.6) is 0 Å². The predicted molar refractivity (Wildman–Crippen MR) is 50.1 cm³/mol. The van der Waals surface area contributed by atoms with Gasteiger partial charge in [-0.25, -0.2) is 4.79 Å². The van der Waals surface area contributed by atoms with Crippen LogP contribution in [0.15, 0.2) is 0 Å². The summed E-state index contributed by atoms with van der Waals surface area (Å²) >= 11 is 0. The standard InChI is InChI=1S/C9H16N2O3/c1-2-13-9(12)11-3-4-14-8-6-10-5-7(8)11/h7-8,10H,2-6H2,1H3. The molecule has 1 amide bonds. The molecule has 80 valence electrons. The van der Waals surface area contributed by atoms with E-state index in [2.05, 4.69) is 5.32 Å². The summed E-state index contributed by atoms with van der Waals surface area (Å²) < 4.78 is 10.5. The summed E-state index contributed by atoms with van der Waals surface area (Å²) in [6, 6.07) is 0.155. The Morgan fingerprint density at radius 2 is 2.50 bits per heavy atom. The van der Waals surface area contributed by atoms with Crippen LogP contribution in [0, 0.1) is 0 Å². The monoisotopic (exact) mass is 200 g/mol. The number of amides is 1. The lowest BCUT2D eigenvalue weighted by molar-refractivity contribution is -0.0425. The Hall–Kier alpha value is -0.810. The molecule has 2 aliphatic heterocycles. The molecule has 0 aromatic carbocycles. The summed E-state index contributed by atoms with van der Waals surface area (Å²) in [4.78, 5) is 13.3. The van der Waals surface area contributed by atoms with E-state index in [-0.39, 0.29) is 18.2 Å². The molecular formula is C9H16N2O3. The number of fused-ring (bicyclic) bond motifs is 1. The maximum absolute atomic E-state index is 11.6. The summed E-state index contributed by atoms with van der Waals surface area (Å²) in [5.41, 5.74) is 0. The third-order valence-electron chi connectivity index (χ3n) is 2.69. The average molecular weight is 200 g/mol. The molecule has 0 bridgehead atoms. The van der Waals surface area contributed by atoms with Crippen molar-refractivity contribution in [2.75, 3.05) is 32.8 Å². The number of carbonyl (C=O) groups is 1. The third kappa shape index (κ3) is 1.69. The Labute approximate surface area is 83.3 Å². The normalized spacial score (nSPS) is 31.4. The number of nitrogens with zero attached hydrogens (tertiary/aromatic N) is 1. The minimum absolute atomic E-state index is 0.146. The summed E-state index contributed by atoms with van der Waals surface area (Å²) in [6.45, 7) is 5.15. The summed E-state index contributed by atoms with van der Waals surface area (Å²) in [7, 11) is 0. The van der Waals surface area contributed by atoms with Crippen LogP contribution in [-0.4, -0.2) is 56.0 Å². The van der Waals surface area contributed by atoms with Gasteiger partial charge in [0.1, 0.15) is 0 Å². The van der Waals surface area contributed by atoms with Crippen molar-refractivity contribution in [3.05, 3.63) is 0 Å². The smallest absolute Gasteiger partial charge is 0.410 e. The van der Waals surface area contributed by atoms with Gasteiger partial charge in [-0.05, 0) is 6.92 Å². The molecule has 0 aromatic rings. The van der Waals surface area contributed by atoms with Gasteiger partial charge in [-0.1, -0.05) is 0 Å². The molecule has 5 nitrogen and oxygen atoms in total. The maximum Gasteiger partial charge on any atom is 0.410 e. The quantitative estimate of drug-likeness (QED) is 0.637. The molecule has 14 heavy (non-hydrogen) atoms. The van der Waals surface area contributed by atoms with Crippen LogP contribution >= 0.6 is 0 Å². The van der Waals surface area contributed by atoms with Gasteiger partial charge >= 0.3 is 6.09 Å². The Morgan fingerprint density at radius 3 is 3.29 bits per heavy atom. The molecule has 1 N–H and O–H groups in total. The second-order valence-corrected chi connectivity index (χ2v) is 3.53. The first-order valence-electron chi connectivity index (χ1n) is 5.08. The first-order valence-corrected chi connectivity index (χ1v) is 5.08. The molecule has 0 saturated carbocycles. The van der Waals surface area contributed by atoms with Gasteiger partial charge in [0, 0.05) is 19.6 Å². The fourth-order valence-corrected chi connectivity index (χ4v) is 2.02. The number of rotatable bonds is 1. The molecule has 2 unspecified atom stereocenters. The highest BCUT2D eigenvalue weighted by Crippen LogP contribution is 2.18. The van der Waals surface area contributed by atoms with E-state index in [0.717, 1.165) is 13.1 Å². The number of ether oxygens (including phenoxy) is 2. The number of morpholine rings is 1. The average Bonchev–Trinajstić information content (AvgIpc) is 2.65. The van der Waals surface area contributed by atoms with Gasteiger partial charge in [-0.3, -0.25) is 4.90 Å². The van der Waals surface area contributed by atoms with Gasteiger partial charge in [0.2, 0.25) is 0 Å². The number of hydrogen-bond donors (Lipinski definition) is 1. The molecule has 2 atom stereocenters. The van der Waals surface area contributed by atoms with Crippen molar-refractivity contribution in [2.24, 2.45) is 0 Å². The van der Waals surface area contributed by atoms with Crippen LogP contribution in [0.25, 0.3) is 0 Å². The Morgan fingerprint density at radius 1 is 1.64 bits per heavy atom. The van der Waals surface area contributed by atoms with Gasteiger partial charge in [0.25, 0.3) is 0 Å². The number of carbonyl (C=O) groups excluding carboxylic acids is 1. The first kappa shape index (κ1) is 9.73. The molecular weight excluding hydrogens is 184 g/mol. The van der Waals surface area contributed by atoms with Gasteiger partial charge in [-0.2, -0.15) is 0 Å². The van der Waals surface area contributed by atoms with E-state index in [1.54, 1.807) is 4.90 Å². The molecule has 2 aliphatic rings. The van der Waals surface area contributed by atoms with E-state index in [4.69, 9.17) is 9.47 Å². The molecule has 0 radical (unpaired) electrons. The van der Waals surface area contributed by atoms with Crippen LogP contribution < -0.4 is 5.32 Å². The lowest BCUT2D eigenvalue weighted by Crippen LogP contribution is -2.53. The van der Waals surface area contributed by atoms with Crippen molar-refractivity contribution in [3.63, 3.8) is 0 Å². The fourth-order valence-electron chi connectivity index (χ4n) is 2.02. The number of nitrogens with one attached hydrogen (secondary N) is 1. The molecule has 2 saturated heterocycles. The zero-order valence-electron chi connectivity index (χ0n) is 8.36. The van der Waals surface area contributed by atoms with Crippen molar-refractivity contribution < 1.29 is 14.3 Å². The van der Waals surface area contributed by atoms with E-state index in [0.29, 0.717) is 19.8 Å². The molecule has 5 heteroatoms. The van der Waals surface area contributed by atoms with E-state index in [9.17, 15) is 4.79 Å². The van der Waals surface area contributed by atoms with E-state index < -0.39 is 0 Å². The third-order valence-corrected chi connectivity index (χ3v) is 2.69. The summed E-state index contributed by atoms with van der Waals surface area (Å²) in [6.07, 6.45) is -0.0670. The predicted octanol–water partition coefficient (Wildman–Crippen LogP) is -0.184. The zero-order valence-corrected chi connectivity index (χ0v) is 8.36. The SMILES string of the molecule is CCOC(=O)N1CCOC2CNCC21. The minimum Gasteiger partial charge on any atom is -0.450 e. The zero-order chi connectivity index (χ0) is 9.97. The molecule has 2 heterocycles. The van der Waals surface area contributed by atoms with E-state index in [1.165, 1.54) is 0 Å².